The van der Waals surface area contributed by atoms with E-state index in [9.17, 15) is 24.0 Å². The quantitative estimate of drug-likeness (QED) is 0.495. The molecule has 11 nitrogen and oxygen atoms in total. The summed E-state index contributed by atoms with van der Waals surface area (Å²) in [6, 6.07) is 11.0. The van der Waals surface area contributed by atoms with Gasteiger partial charge in [0.25, 0.3) is 0 Å². The van der Waals surface area contributed by atoms with Gasteiger partial charge in [-0.15, -0.1) is 0 Å². The van der Waals surface area contributed by atoms with Crippen LogP contribution in [0.15, 0.2) is 48.5 Å². The number of piperazine rings is 1. The van der Waals surface area contributed by atoms with Crippen LogP contribution >= 0.6 is 0 Å². The van der Waals surface area contributed by atoms with Gasteiger partial charge in [-0.2, -0.15) is 0 Å². The maximum atomic E-state index is 13.4. The summed E-state index contributed by atoms with van der Waals surface area (Å²) in [6.45, 7) is 0. The molecule has 0 aromatic heterocycles. The van der Waals surface area contributed by atoms with E-state index < -0.39 is 35.8 Å². The summed E-state index contributed by atoms with van der Waals surface area (Å²) in [5, 5.41) is 8.47. The molecule has 4 amide bonds. The first kappa shape index (κ1) is 26.6. The number of nitrogens with zero attached hydrogens (tertiary/aromatic N) is 1. The number of hydrogen-bond acceptors (Lipinski definition) is 7. The predicted octanol–water partition coefficient (Wildman–Crippen LogP) is 2.93. The molecule has 1 aliphatic carbocycles. The molecule has 2 aromatic rings. The van der Waals surface area contributed by atoms with Gasteiger partial charge in [-0.1, -0.05) is 31.0 Å². The summed E-state index contributed by atoms with van der Waals surface area (Å²) < 4.78 is 9.46. The van der Waals surface area contributed by atoms with Crippen molar-refractivity contribution in [3.05, 3.63) is 59.7 Å². The van der Waals surface area contributed by atoms with Crippen molar-refractivity contribution in [1.29, 1.82) is 0 Å². The van der Waals surface area contributed by atoms with E-state index in [1.165, 1.54) is 37.3 Å². The molecule has 200 valence electrons. The number of amides is 4. The van der Waals surface area contributed by atoms with Crippen LogP contribution in [-0.4, -0.2) is 67.0 Å². The molecule has 4 rings (SSSR count). The smallest absolute Gasteiger partial charge is 0.337 e. The lowest BCUT2D eigenvalue weighted by molar-refractivity contribution is -0.135. The minimum Gasteiger partial charge on any atom is -0.465 e. The van der Waals surface area contributed by atoms with Crippen LogP contribution in [0.4, 0.5) is 16.2 Å². The van der Waals surface area contributed by atoms with Crippen molar-refractivity contribution in [2.75, 3.05) is 24.9 Å². The first-order chi connectivity index (χ1) is 18.3. The zero-order valence-corrected chi connectivity index (χ0v) is 21.2. The van der Waals surface area contributed by atoms with E-state index in [1.807, 2.05) is 6.07 Å². The fraction of sp³-hybridized carbons (Fsp3) is 0.370. The highest BCUT2D eigenvalue weighted by Gasteiger charge is 2.46. The molecule has 0 radical (unpaired) electrons. The third-order valence-corrected chi connectivity index (χ3v) is 6.75. The molecular formula is C27H30N4O7. The minimum atomic E-state index is -1.05. The lowest BCUT2D eigenvalue weighted by atomic mass is 9.85. The monoisotopic (exact) mass is 522 g/mol. The van der Waals surface area contributed by atoms with Gasteiger partial charge in [0.1, 0.15) is 6.04 Å². The molecule has 2 aliphatic rings. The second-order valence-corrected chi connectivity index (χ2v) is 9.22. The summed E-state index contributed by atoms with van der Waals surface area (Å²) in [7, 11) is 2.39. The van der Waals surface area contributed by atoms with Gasteiger partial charge in [0.05, 0.1) is 37.8 Å². The lowest BCUT2D eigenvalue weighted by Gasteiger charge is -2.47. The highest BCUT2D eigenvalue weighted by atomic mass is 16.5. The number of para-hydroxylation sites is 1. The number of rotatable bonds is 6. The third kappa shape index (κ3) is 5.93. The lowest BCUT2D eigenvalue weighted by Crippen LogP contribution is -2.68. The van der Waals surface area contributed by atoms with Crippen LogP contribution in [0.2, 0.25) is 0 Å². The predicted molar refractivity (Wildman–Crippen MR) is 138 cm³/mol. The van der Waals surface area contributed by atoms with Crippen LogP contribution in [0.5, 0.6) is 0 Å². The summed E-state index contributed by atoms with van der Waals surface area (Å²) in [6.07, 6.45) is 2.98. The largest absolute Gasteiger partial charge is 0.465 e. The standard InChI is InChI=1S/C27H30N4O7/c1-37-25(34)16-12-17(26(35)38-2)14-19(13-16)28-23(32)15-22-24(33)30-20-10-6-7-11-21(20)31(22)27(36)29-18-8-4-3-5-9-18/h3-5,8-9,12-14,20-22H,6-7,10-11,15H2,1-2H3,(H,28,32)(H,29,36)(H,30,33)/t20-,21+,22-/m1/s1. The summed E-state index contributed by atoms with van der Waals surface area (Å²) in [5.41, 5.74) is 0.796. The number of methoxy groups -OCH3 is 2. The average molecular weight is 523 g/mol. The fourth-order valence-electron chi connectivity index (χ4n) is 5.00. The molecule has 1 heterocycles. The first-order valence-electron chi connectivity index (χ1n) is 12.4. The van der Waals surface area contributed by atoms with Crippen molar-refractivity contribution in [3.8, 4) is 0 Å². The minimum absolute atomic E-state index is 0.0371. The Balaban J connectivity index is 1.57. The van der Waals surface area contributed by atoms with E-state index in [2.05, 4.69) is 16.0 Å². The highest BCUT2D eigenvalue weighted by molar-refractivity contribution is 6.02. The molecule has 3 atom stereocenters. The Morgan fingerprint density at radius 3 is 2.16 bits per heavy atom. The average Bonchev–Trinajstić information content (AvgIpc) is 2.92. The van der Waals surface area contributed by atoms with Crippen molar-refractivity contribution in [3.63, 3.8) is 0 Å². The number of nitrogens with one attached hydrogen (secondary N) is 3. The zero-order chi connectivity index (χ0) is 27.2. The fourth-order valence-corrected chi connectivity index (χ4v) is 5.00. The van der Waals surface area contributed by atoms with Gasteiger partial charge in [0, 0.05) is 17.4 Å². The van der Waals surface area contributed by atoms with Crippen molar-refractivity contribution in [2.45, 2.75) is 50.2 Å². The Hall–Kier alpha value is -4.41. The Kier molecular flexibility index (Phi) is 8.25. The molecule has 3 N–H and O–H groups in total. The van der Waals surface area contributed by atoms with E-state index in [1.54, 1.807) is 24.3 Å². The summed E-state index contributed by atoms with van der Waals surface area (Å²) >= 11 is 0. The Bertz CT molecular complexity index is 1200. The summed E-state index contributed by atoms with van der Waals surface area (Å²) in [4.78, 5) is 65.3. The van der Waals surface area contributed by atoms with E-state index >= 15 is 0 Å². The van der Waals surface area contributed by atoms with Crippen LogP contribution in [0, 0.1) is 0 Å². The van der Waals surface area contributed by atoms with Crippen LogP contribution in [-0.2, 0) is 19.1 Å². The number of esters is 2. The van der Waals surface area contributed by atoms with Crippen molar-refractivity contribution in [2.24, 2.45) is 0 Å². The van der Waals surface area contributed by atoms with Crippen LogP contribution in [0.1, 0.15) is 52.8 Å². The number of fused-ring (bicyclic) bond motifs is 1. The number of carbonyl (C=O) groups excluding carboxylic acids is 5. The van der Waals surface area contributed by atoms with Crippen LogP contribution in [0.3, 0.4) is 0 Å². The third-order valence-electron chi connectivity index (χ3n) is 6.75. The molecule has 1 aliphatic heterocycles. The van der Waals surface area contributed by atoms with Gasteiger partial charge in [-0.05, 0) is 43.2 Å². The first-order valence-corrected chi connectivity index (χ1v) is 12.4. The number of anilines is 2. The Morgan fingerprint density at radius 1 is 0.895 bits per heavy atom. The molecule has 1 saturated heterocycles. The molecule has 0 spiro atoms. The van der Waals surface area contributed by atoms with E-state index in [4.69, 9.17) is 9.47 Å². The molecule has 11 heteroatoms. The van der Waals surface area contributed by atoms with Gasteiger partial charge >= 0.3 is 18.0 Å². The van der Waals surface area contributed by atoms with E-state index in [-0.39, 0.29) is 35.3 Å². The normalized spacial score (nSPS) is 20.4. The Morgan fingerprint density at radius 2 is 1.53 bits per heavy atom. The van der Waals surface area contributed by atoms with Gasteiger partial charge in [-0.3, -0.25) is 9.59 Å². The van der Waals surface area contributed by atoms with Crippen molar-refractivity contribution < 1.29 is 33.4 Å². The van der Waals surface area contributed by atoms with E-state index in [0.717, 1.165) is 19.3 Å². The maximum absolute atomic E-state index is 13.4. The van der Waals surface area contributed by atoms with Gasteiger partial charge < -0.3 is 30.3 Å². The maximum Gasteiger partial charge on any atom is 0.337 e. The van der Waals surface area contributed by atoms with E-state index in [0.29, 0.717) is 12.1 Å². The SMILES string of the molecule is COC(=O)c1cc(NC(=O)C[C@@H]2C(=O)N[C@@H]3CCCC[C@@H]3N2C(=O)Nc2ccccc2)cc(C(=O)OC)c1. The molecule has 0 bridgehead atoms. The molecular weight excluding hydrogens is 492 g/mol. The zero-order valence-electron chi connectivity index (χ0n) is 21.2. The van der Waals surface area contributed by atoms with Crippen LogP contribution in [0.25, 0.3) is 0 Å². The van der Waals surface area contributed by atoms with Gasteiger partial charge in [0.2, 0.25) is 11.8 Å². The molecule has 2 fully saturated rings. The number of urea groups is 1. The van der Waals surface area contributed by atoms with Gasteiger partial charge in [-0.25, -0.2) is 14.4 Å². The highest BCUT2D eigenvalue weighted by Crippen LogP contribution is 2.30. The molecule has 1 saturated carbocycles. The van der Waals surface area contributed by atoms with Crippen LogP contribution < -0.4 is 16.0 Å². The molecule has 0 unspecified atom stereocenters. The molecule has 2 aromatic carbocycles. The Labute approximate surface area is 219 Å². The van der Waals surface area contributed by atoms with Crippen molar-refractivity contribution in [1.82, 2.24) is 10.2 Å². The number of hydrogen-bond donors (Lipinski definition) is 3. The second kappa shape index (κ2) is 11.8. The number of carbonyl (C=O) groups is 5. The number of ether oxygens (including phenoxy) is 2. The molecule has 38 heavy (non-hydrogen) atoms. The second-order valence-electron chi connectivity index (χ2n) is 9.22. The topological polar surface area (TPSA) is 143 Å². The van der Waals surface area contributed by atoms with Gasteiger partial charge in [0.15, 0.2) is 0 Å². The number of benzene rings is 2. The van der Waals surface area contributed by atoms with Crippen molar-refractivity contribution >= 4 is 41.2 Å². The summed E-state index contributed by atoms with van der Waals surface area (Å²) in [5.74, 6) is -2.39.